The van der Waals surface area contributed by atoms with Crippen LogP contribution < -0.4 is 5.32 Å². The SMILES string of the molecule is OCCCCNc1ccccc1. The molecule has 0 amide bonds. The van der Waals surface area contributed by atoms with Crippen LogP contribution in [-0.4, -0.2) is 18.3 Å². The second-order valence-electron chi connectivity index (χ2n) is 2.72. The molecule has 0 atom stereocenters. The zero-order valence-corrected chi connectivity index (χ0v) is 7.16. The summed E-state index contributed by atoms with van der Waals surface area (Å²) in [5, 5.41) is 11.8. The number of aliphatic hydroxyl groups excluding tert-OH is 1. The van der Waals surface area contributed by atoms with Gasteiger partial charge in [-0.1, -0.05) is 18.2 Å². The van der Waals surface area contributed by atoms with E-state index >= 15 is 0 Å². The van der Waals surface area contributed by atoms with E-state index in [0.717, 1.165) is 25.1 Å². The lowest BCUT2D eigenvalue weighted by Crippen LogP contribution is -2.01. The summed E-state index contributed by atoms with van der Waals surface area (Å²) in [6, 6.07) is 10.1. The summed E-state index contributed by atoms with van der Waals surface area (Å²) in [4.78, 5) is 0. The topological polar surface area (TPSA) is 32.3 Å². The van der Waals surface area contributed by atoms with Crippen molar-refractivity contribution in [2.24, 2.45) is 0 Å². The molecule has 0 saturated heterocycles. The Kier molecular flexibility index (Phi) is 4.24. The van der Waals surface area contributed by atoms with Gasteiger partial charge < -0.3 is 10.4 Å². The molecule has 0 aliphatic heterocycles. The molecule has 2 nitrogen and oxygen atoms in total. The molecule has 0 saturated carbocycles. The number of hydrogen-bond donors (Lipinski definition) is 2. The van der Waals surface area contributed by atoms with Crippen LogP contribution in [0.5, 0.6) is 0 Å². The first-order valence-corrected chi connectivity index (χ1v) is 4.33. The minimum Gasteiger partial charge on any atom is -0.396 e. The summed E-state index contributed by atoms with van der Waals surface area (Å²) < 4.78 is 0. The normalized spacial score (nSPS) is 9.75. The van der Waals surface area contributed by atoms with Gasteiger partial charge in [-0.05, 0) is 25.0 Å². The fraction of sp³-hybridized carbons (Fsp3) is 0.400. The van der Waals surface area contributed by atoms with E-state index < -0.39 is 0 Å². The molecule has 0 fully saturated rings. The van der Waals surface area contributed by atoms with Gasteiger partial charge in [0.1, 0.15) is 0 Å². The highest BCUT2D eigenvalue weighted by Crippen LogP contribution is 2.04. The van der Waals surface area contributed by atoms with Gasteiger partial charge >= 0.3 is 0 Å². The largest absolute Gasteiger partial charge is 0.396 e. The van der Waals surface area contributed by atoms with E-state index in [2.05, 4.69) is 5.32 Å². The smallest absolute Gasteiger partial charge is 0.0431 e. The number of rotatable bonds is 5. The summed E-state index contributed by atoms with van der Waals surface area (Å²) >= 11 is 0. The molecule has 1 aromatic rings. The zero-order chi connectivity index (χ0) is 8.65. The van der Waals surface area contributed by atoms with Crippen molar-refractivity contribution in [2.45, 2.75) is 12.8 Å². The van der Waals surface area contributed by atoms with Crippen molar-refractivity contribution < 1.29 is 5.11 Å². The summed E-state index contributed by atoms with van der Waals surface area (Å²) in [7, 11) is 0. The third-order valence-corrected chi connectivity index (χ3v) is 1.69. The molecule has 0 aliphatic carbocycles. The maximum absolute atomic E-state index is 8.54. The first-order chi connectivity index (χ1) is 5.93. The minimum atomic E-state index is 0.288. The van der Waals surface area contributed by atoms with Crippen LogP contribution in [0.4, 0.5) is 5.69 Å². The molecule has 12 heavy (non-hydrogen) atoms. The van der Waals surface area contributed by atoms with Gasteiger partial charge in [0, 0.05) is 18.8 Å². The van der Waals surface area contributed by atoms with Gasteiger partial charge in [0.15, 0.2) is 0 Å². The van der Waals surface area contributed by atoms with Crippen LogP contribution in [0.3, 0.4) is 0 Å². The number of para-hydroxylation sites is 1. The number of benzene rings is 1. The number of anilines is 1. The van der Waals surface area contributed by atoms with Crippen molar-refractivity contribution in [2.75, 3.05) is 18.5 Å². The van der Waals surface area contributed by atoms with Gasteiger partial charge in [0.25, 0.3) is 0 Å². The Morgan fingerprint density at radius 3 is 2.50 bits per heavy atom. The molecular formula is C10H15NO. The quantitative estimate of drug-likeness (QED) is 0.653. The van der Waals surface area contributed by atoms with Crippen molar-refractivity contribution in [1.29, 1.82) is 0 Å². The van der Waals surface area contributed by atoms with Crippen LogP contribution in [0.2, 0.25) is 0 Å². The lowest BCUT2D eigenvalue weighted by atomic mass is 10.3. The van der Waals surface area contributed by atoms with E-state index in [9.17, 15) is 0 Å². The molecule has 0 aromatic heterocycles. The molecule has 0 spiro atoms. The summed E-state index contributed by atoms with van der Waals surface area (Å²) in [6.45, 7) is 1.22. The zero-order valence-electron chi connectivity index (χ0n) is 7.16. The molecular weight excluding hydrogens is 150 g/mol. The molecule has 0 unspecified atom stereocenters. The van der Waals surface area contributed by atoms with Crippen molar-refractivity contribution in [3.05, 3.63) is 30.3 Å². The Labute approximate surface area is 73.2 Å². The Bertz CT molecular complexity index is 198. The van der Waals surface area contributed by atoms with Crippen LogP contribution >= 0.6 is 0 Å². The number of aliphatic hydroxyl groups is 1. The first kappa shape index (κ1) is 9.07. The first-order valence-electron chi connectivity index (χ1n) is 4.33. The van der Waals surface area contributed by atoms with E-state index in [-0.39, 0.29) is 6.61 Å². The van der Waals surface area contributed by atoms with E-state index in [4.69, 9.17) is 5.11 Å². The number of nitrogens with one attached hydrogen (secondary N) is 1. The van der Waals surface area contributed by atoms with Crippen LogP contribution in [0.25, 0.3) is 0 Å². The Hall–Kier alpha value is -1.02. The predicted molar refractivity (Wildman–Crippen MR) is 51.3 cm³/mol. The molecule has 66 valence electrons. The average Bonchev–Trinajstić information content (AvgIpc) is 2.14. The highest BCUT2D eigenvalue weighted by molar-refractivity contribution is 5.42. The Morgan fingerprint density at radius 1 is 1.08 bits per heavy atom. The van der Waals surface area contributed by atoms with Crippen LogP contribution in [-0.2, 0) is 0 Å². The van der Waals surface area contributed by atoms with E-state index in [1.54, 1.807) is 0 Å². The summed E-state index contributed by atoms with van der Waals surface area (Å²) in [5.41, 5.74) is 1.15. The Morgan fingerprint density at radius 2 is 1.83 bits per heavy atom. The van der Waals surface area contributed by atoms with E-state index in [1.807, 2.05) is 30.3 Å². The Balaban J connectivity index is 2.16. The number of unbranched alkanes of at least 4 members (excludes halogenated alkanes) is 1. The van der Waals surface area contributed by atoms with Gasteiger partial charge in [0.05, 0.1) is 0 Å². The molecule has 0 aliphatic rings. The molecule has 2 heteroatoms. The highest BCUT2D eigenvalue weighted by Gasteiger charge is 1.88. The van der Waals surface area contributed by atoms with Gasteiger partial charge in [-0.25, -0.2) is 0 Å². The van der Waals surface area contributed by atoms with Crippen LogP contribution in [0.1, 0.15) is 12.8 Å². The fourth-order valence-corrected chi connectivity index (χ4v) is 1.03. The minimum absolute atomic E-state index is 0.288. The van der Waals surface area contributed by atoms with Gasteiger partial charge in [0.2, 0.25) is 0 Å². The third kappa shape index (κ3) is 3.39. The second-order valence-corrected chi connectivity index (χ2v) is 2.72. The molecule has 0 bridgehead atoms. The van der Waals surface area contributed by atoms with E-state index in [0.29, 0.717) is 0 Å². The maximum atomic E-state index is 8.54. The standard InChI is InChI=1S/C10H15NO/c12-9-5-4-8-11-10-6-2-1-3-7-10/h1-3,6-7,11-12H,4-5,8-9H2. The van der Waals surface area contributed by atoms with Gasteiger partial charge in [-0.15, -0.1) is 0 Å². The van der Waals surface area contributed by atoms with Crippen molar-refractivity contribution in [3.63, 3.8) is 0 Å². The monoisotopic (exact) mass is 165 g/mol. The van der Waals surface area contributed by atoms with Gasteiger partial charge in [-0.3, -0.25) is 0 Å². The van der Waals surface area contributed by atoms with Crippen molar-refractivity contribution in [3.8, 4) is 0 Å². The second kappa shape index (κ2) is 5.61. The van der Waals surface area contributed by atoms with Crippen LogP contribution in [0.15, 0.2) is 30.3 Å². The fourth-order valence-electron chi connectivity index (χ4n) is 1.03. The summed E-state index contributed by atoms with van der Waals surface area (Å²) in [5.74, 6) is 0. The lowest BCUT2D eigenvalue weighted by Gasteiger charge is -2.04. The molecule has 1 aromatic carbocycles. The van der Waals surface area contributed by atoms with Gasteiger partial charge in [-0.2, -0.15) is 0 Å². The highest BCUT2D eigenvalue weighted by atomic mass is 16.2. The van der Waals surface area contributed by atoms with Crippen LogP contribution in [0, 0.1) is 0 Å². The van der Waals surface area contributed by atoms with Crippen molar-refractivity contribution >= 4 is 5.69 Å². The van der Waals surface area contributed by atoms with Crippen molar-refractivity contribution in [1.82, 2.24) is 0 Å². The third-order valence-electron chi connectivity index (χ3n) is 1.69. The van der Waals surface area contributed by atoms with E-state index in [1.165, 1.54) is 0 Å². The maximum Gasteiger partial charge on any atom is 0.0431 e. The molecule has 1 rings (SSSR count). The predicted octanol–water partition coefficient (Wildman–Crippen LogP) is 1.87. The average molecular weight is 165 g/mol. The summed E-state index contributed by atoms with van der Waals surface area (Å²) in [6.07, 6.45) is 1.89. The molecule has 2 N–H and O–H groups in total. The lowest BCUT2D eigenvalue weighted by molar-refractivity contribution is 0.286. The molecule has 0 heterocycles. The molecule has 0 radical (unpaired) electrons. The number of hydrogen-bond acceptors (Lipinski definition) is 2.